The number of nitrogens with one attached hydrogen (secondary N) is 1. The van der Waals surface area contributed by atoms with Gasteiger partial charge in [0.2, 0.25) is 0 Å². The number of aliphatic hydroxyl groups excluding tert-OH is 1. The fourth-order valence-corrected chi connectivity index (χ4v) is 3.21. The van der Waals surface area contributed by atoms with E-state index in [9.17, 15) is 9.90 Å². The van der Waals surface area contributed by atoms with E-state index < -0.39 is 6.10 Å². The SMILES string of the molecule is N#Cc1cnn(-c2ccc(C(=O)NCC(O)C3CCCC3)cc2)c1N. The maximum absolute atomic E-state index is 12.2. The number of aliphatic hydroxyl groups is 1. The Bertz CT molecular complexity index is 785. The van der Waals surface area contributed by atoms with E-state index >= 15 is 0 Å². The zero-order valence-electron chi connectivity index (χ0n) is 13.9. The van der Waals surface area contributed by atoms with Crippen LogP contribution in [0.4, 0.5) is 5.82 Å². The van der Waals surface area contributed by atoms with Crippen LogP contribution in [0.3, 0.4) is 0 Å². The minimum Gasteiger partial charge on any atom is -0.391 e. The first kappa shape index (κ1) is 17.0. The number of carbonyl (C=O) groups excluding carboxylic acids is 1. The molecule has 1 saturated carbocycles. The molecule has 7 nitrogen and oxygen atoms in total. The van der Waals surface area contributed by atoms with E-state index in [1.54, 1.807) is 24.3 Å². The summed E-state index contributed by atoms with van der Waals surface area (Å²) >= 11 is 0. The molecule has 0 bridgehead atoms. The van der Waals surface area contributed by atoms with Gasteiger partial charge in [-0.25, -0.2) is 4.68 Å². The molecular weight excluding hydrogens is 318 g/mol. The Morgan fingerprint density at radius 1 is 1.40 bits per heavy atom. The third kappa shape index (κ3) is 3.64. The van der Waals surface area contributed by atoms with Gasteiger partial charge in [0.1, 0.15) is 17.5 Å². The van der Waals surface area contributed by atoms with Crippen LogP contribution in [0.1, 0.15) is 41.6 Å². The topological polar surface area (TPSA) is 117 Å². The van der Waals surface area contributed by atoms with Crippen LogP contribution in [-0.4, -0.2) is 33.4 Å². The minimum absolute atomic E-state index is 0.227. The van der Waals surface area contributed by atoms with E-state index in [1.165, 1.54) is 10.9 Å². The van der Waals surface area contributed by atoms with Crippen molar-refractivity contribution in [1.29, 1.82) is 5.26 Å². The second kappa shape index (κ2) is 7.36. The molecule has 1 atom stereocenters. The number of amides is 1. The molecule has 0 spiro atoms. The summed E-state index contributed by atoms with van der Waals surface area (Å²) in [5.74, 6) is 0.328. The monoisotopic (exact) mass is 339 g/mol. The fraction of sp³-hybridized carbons (Fsp3) is 0.389. The molecule has 25 heavy (non-hydrogen) atoms. The van der Waals surface area contributed by atoms with Gasteiger partial charge in [0.05, 0.1) is 18.0 Å². The number of anilines is 1. The van der Waals surface area contributed by atoms with Crippen molar-refractivity contribution < 1.29 is 9.90 Å². The lowest BCUT2D eigenvalue weighted by Crippen LogP contribution is -2.35. The summed E-state index contributed by atoms with van der Waals surface area (Å²) in [4.78, 5) is 12.2. The van der Waals surface area contributed by atoms with Crippen molar-refractivity contribution in [2.24, 2.45) is 5.92 Å². The maximum Gasteiger partial charge on any atom is 0.251 e. The first-order valence-corrected chi connectivity index (χ1v) is 8.40. The molecule has 1 aromatic heterocycles. The highest BCUT2D eigenvalue weighted by Gasteiger charge is 2.23. The molecule has 1 heterocycles. The van der Waals surface area contributed by atoms with Crippen LogP contribution in [0.25, 0.3) is 5.69 Å². The zero-order valence-corrected chi connectivity index (χ0v) is 13.9. The van der Waals surface area contributed by atoms with E-state index in [2.05, 4.69) is 10.4 Å². The van der Waals surface area contributed by atoms with Crippen molar-refractivity contribution >= 4 is 11.7 Å². The number of nitrogen functional groups attached to an aromatic ring is 1. The Kier molecular flexibility index (Phi) is 5.00. The van der Waals surface area contributed by atoms with Gasteiger partial charge in [-0.2, -0.15) is 10.4 Å². The molecule has 1 aliphatic rings. The molecule has 7 heteroatoms. The zero-order chi connectivity index (χ0) is 17.8. The van der Waals surface area contributed by atoms with Crippen molar-refractivity contribution in [2.45, 2.75) is 31.8 Å². The van der Waals surface area contributed by atoms with E-state index in [0.29, 0.717) is 22.7 Å². The van der Waals surface area contributed by atoms with E-state index in [4.69, 9.17) is 11.0 Å². The van der Waals surface area contributed by atoms with Crippen molar-refractivity contribution in [1.82, 2.24) is 15.1 Å². The molecule has 1 amide bonds. The van der Waals surface area contributed by atoms with Crippen molar-refractivity contribution in [2.75, 3.05) is 12.3 Å². The predicted octanol–water partition coefficient (Wildman–Crippen LogP) is 1.61. The fourth-order valence-electron chi connectivity index (χ4n) is 3.21. The first-order valence-electron chi connectivity index (χ1n) is 8.40. The molecule has 1 aliphatic carbocycles. The molecule has 4 N–H and O–H groups in total. The van der Waals surface area contributed by atoms with E-state index in [1.807, 2.05) is 6.07 Å². The number of aromatic nitrogens is 2. The summed E-state index contributed by atoms with van der Waals surface area (Å²) in [6.07, 6.45) is 5.28. The molecule has 0 aliphatic heterocycles. The average molecular weight is 339 g/mol. The molecule has 0 saturated heterocycles. The molecule has 1 aromatic carbocycles. The van der Waals surface area contributed by atoms with Gasteiger partial charge in [0.25, 0.3) is 5.91 Å². The normalized spacial score (nSPS) is 15.7. The van der Waals surface area contributed by atoms with Crippen LogP contribution >= 0.6 is 0 Å². The van der Waals surface area contributed by atoms with E-state index in [-0.39, 0.29) is 18.3 Å². The van der Waals surface area contributed by atoms with Crippen LogP contribution in [0.2, 0.25) is 0 Å². The molecule has 130 valence electrons. The first-order chi connectivity index (χ1) is 12.1. The number of rotatable bonds is 5. The molecule has 1 fully saturated rings. The maximum atomic E-state index is 12.2. The number of hydrogen-bond acceptors (Lipinski definition) is 5. The van der Waals surface area contributed by atoms with Crippen LogP contribution in [-0.2, 0) is 0 Å². The Morgan fingerprint density at radius 2 is 2.08 bits per heavy atom. The quantitative estimate of drug-likeness (QED) is 0.765. The smallest absolute Gasteiger partial charge is 0.251 e. The third-order valence-electron chi connectivity index (χ3n) is 4.72. The summed E-state index contributed by atoms with van der Waals surface area (Å²) in [6, 6.07) is 8.73. The Morgan fingerprint density at radius 3 is 2.68 bits per heavy atom. The molecule has 3 rings (SSSR count). The van der Waals surface area contributed by atoms with Crippen molar-refractivity contribution in [3.05, 3.63) is 41.6 Å². The van der Waals surface area contributed by atoms with Crippen LogP contribution in [0, 0.1) is 17.2 Å². The lowest BCUT2D eigenvalue weighted by molar-refractivity contribution is 0.0840. The van der Waals surface area contributed by atoms with Gasteiger partial charge >= 0.3 is 0 Å². The Hall–Kier alpha value is -2.85. The number of nitrogens with zero attached hydrogens (tertiary/aromatic N) is 3. The van der Waals surface area contributed by atoms with Crippen LogP contribution in [0.15, 0.2) is 30.5 Å². The molecular formula is C18H21N5O2. The summed E-state index contributed by atoms with van der Waals surface area (Å²) in [5.41, 5.74) is 7.33. The van der Waals surface area contributed by atoms with Gasteiger partial charge in [-0.15, -0.1) is 0 Å². The summed E-state index contributed by atoms with van der Waals surface area (Å²) in [6.45, 7) is 0.267. The molecule has 0 radical (unpaired) electrons. The number of carbonyl (C=O) groups is 1. The van der Waals surface area contributed by atoms with Crippen LogP contribution < -0.4 is 11.1 Å². The third-order valence-corrected chi connectivity index (χ3v) is 4.72. The van der Waals surface area contributed by atoms with E-state index in [0.717, 1.165) is 25.7 Å². The lowest BCUT2D eigenvalue weighted by Gasteiger charge is -2.18. The average Bonchev–Trinajstić information content (AvgIpc) is 3.29. The number of nitriles is 1. The number of nitrogens with two attached hydrogens (primary N) is 1. The largest absolute Gasteiger partial charge is 0.391 e. The summed E-state index contributed by atoms with van der Waals surface area (Å²) < 4.78 is 1.45. The summed E-state index contributed by atoms with van der Waals surface area (Å²) in [7, 11) is 0. The Labute approximate surface area is 146 Å². The second-order valence-corrected chi connectivity index (χ2v) is 6.34. The van der Waals surface area contributed by atoms with Gasteiger partial charge in [-0.1, -0.05) is 12.8 Å². The minimum atomic E-state index is -0.487. The van der Waals surface area contributed by atoms with Gasteiger partial charge in [-0.3, -0.25) is 4.79 Å². The van der Waals surface area contributed by atoms with Crippen LogP contribution in [0.5, 0.6) is 0 Å². The van der Waals surface area contributed by atoms with Crippen molar-refractivity contribution in [3.8, 4) is 11.8 Å². The highest BCUT2D eigenvalue weighted by molar-refractivity contribution is 5.94. The molecule has 2 aromatic rings. The lowest BCUT2D eigenvalue weighted by atomic mass is 10.0. The molecule has 1 unspecified atom stereocenters. The highest BCUT2D eigenvalue weighted by Crippen LogP contribution is 2.27. The van der Waals surface area contributed by atoms with Gasteiger partial charge in [-0.05, 0) is 43.0 Å². The number of benzene rings is 1. The van der Waals surface area contributed by atoms with Gasteiger partial charge in [0.15, 0.2) is 0 Å². The Balaban J connectivity index is 1.62. The second-order valence-electron chi connectivity index (χ2n) is 6.34. The highest BCUT2D eigenvalue weighted by atomic mass is 16.3. The predicted molar refractivity (Wildman–Crippen MR) is 93.0 cm³/mol. The van der Waals surface area contributed by atoms with Gasteiger partial charge in [0, 0.05) is 12.1 Å². The van der Waals surface area contributed by atoms with Gasteiger partial charge < -0.3 is 16.2 Å². The summed E-state index contributed by atoms with van der Waals surface area (Å²) in [5, 5.41) is 25.9. The standard InChI is InChI=1S/C18H21N5O2/c19-9-14-10-22-23(17(14)20)15-7-5-13(6-8-15)18(25)21-11-16(24)12-3-1-2-4-12/h5-8,10,12,16,24H,1-4,11,20H2,(H,21,25). The number of hydrogen-bond donors (Lipinski definition) is 3. The van der Waals surface area contributed by atoms with Crippen molar-refractivity contribution in [3.63, 3.8) is 0 Å².